The second-order valence-electron chi connectivity index (χ2n) is 19.5. The Morgan fingerprint density at radius 1 is 0.377 bits per heavy atom. The molecule has 0 amide bonds. The molecule has 53 heavy (non-hydrogen) atoms. The number of ether oxygens (including phenoxy) is 1. The number of aliphatic hydroxyl groups excluding tert-OH is 2. The van der Waals surface area contributed by atoms with E-state index < -0.39 is 99.8 Å². The van der Waals surface area contributed by atoms with Crippen molar-refractivity contribution in [1.29, 1.82) is 0 Å². The Morgan fingerprint density at radius 3 is 0.868 bits per heavy atom. The Labute approximate surface area is 336 Å². The molecule has 0 aliphatic rings. The van der Waals surface area contributed by atoms with Crippen LogP contribution in [-0.4, -0.2) is 130 Å². The van der Waals surface area contributed by atoms with E-state index in [1.54, 1.807) is 0 Å². The highest BCUT2D eigenvalue weighted by molar-refractivity contribution is 6.93. The van der Waals surface area contributed by atoms with Gasteiger partial charge in [0.15, 0.2) is 16.6 Å². The summed E-state index contributed by atoms with van der Waals surface area (Å²) in [5.41, 5.74) is 0. The van der Waals surface area contributed by atoms with Crippen molar-refractivity contribution < 1.29 is 56.1 Å². The minimum Gasteiger partial charge on any atom is -0.437 e. The highest BCUT2D eigenvalue weighted by Gasteiger charge is 2.51. The van der Waals surface area contributed by atoms with Crippen LogP contribution in [0.25, 0.3) is 0 Å². The number of hydrogen-bond donors (Lipinski definition) is 2. The van der Waals surface area contributed by atoms with Crippen LogP contribution >= 0.6 is 0 Å². The fraction of sp³-hybridized carbons (Fsp3) is 1.00. The molecule has 1 atom stereocenters. The van der Waals surface area contributed by atoms with Gasteiger partial charge in [0.1, 0.15) is 6.10 Å². The van der Waals surface area contributed by atoms with Crippen LogP contribution in [-0.2, 0) is 45.9 Å². The molecule has 13 nitrogen and oxygen atoms in total. The Kier molecular flexibility index (Phi) is 20.7. The van der Waals surface area contributed by atoms with Crippen molar-refractivity contribution in [1.82, 2.24) is 0 Å². The summed E-state index contributed by atoms with van der Waals surface area (Å²) in [6, 6.07) is 0.895. The molecule has 0 heterocycles. The average molecular weight is 948 g/mol. The van der Waals surface area contributed by atoms with Crippen LogP contribution in [0.3, 0.4) is 0 Å². The quantitative estimate of drug-likeness (QED) is 0.0604. The molecule has 0 aromatic rings. The maximum Gasteiger partial charge on any atom is 0.314 e. The third kappa shape index (κ3) is 27.3. The van der Waals surface area contributed by atoms with Crippen LogP contribution in [0.1, 0.15) is 6.42 Å². The van der Waals surface area contributed by atoms with Crippen LogP contribution in [0.4, 0.5) is 0 Å². The summed E-state index contributed by atoms with van der Waals surface area (Å²) >= 11 is 0. The summed E-state index contributed by atoms with van der Waals surface area (Å²) in [5, 5.41) is 18.5. The van der Waals surface area contributed by atoms with Gasteiger partial charge in [-0.05, 0) is 163 Å². The van der Waals surface area contributed by atoms with Gasteiger partial charge in [-0.15, -0.1) is 0 Å². The lowest BCUT2D eigenvalue weighted by molar-refractivity contribution is 0.00638. The summed E-state index contributed by atoms with van der Waals surface area (Å²) in [6.07, 6.45) is -0.0244. The zero-order valence-corrected chi connectivity index (χ0v) is 49.0. The van der Waals surface area contributed by atoms with Crippen molar-refractivity contribution in [3.63, 3.8) is 0 Å². The molecule has 0 radical (unpaired) electrons. The molecule has 0 bridgehead atoms. The summed E-state index contributed by atoms with van der Waals surface area (Å²) in [4.78, 5) is 0. The molecule has 24 heteroatoms. The van der Waals surface area contributed by atoms with Gasteiger partial charge in [-0.25, -0.2) is 0 Å². The summed E-state index contributed by atoms with van der Waals surface area (Å²) in [5.74, 6) is 0. The van der Waals surface area contributed by atoms with E-state index in [0.717, 1.165) is 12.5 Å². The monoisotopic (exact) mass is 946 g/mol. The predicted molar refractivity (Wildman–Crippen MR) is 242 cm³/mol. The van der Waals surface area contributed by atoms with Gasteiger partial charge in [0.05, 0.1) is 13.2 Å². The van der Waals surface area contributed by atoms with Gasteiger partial charge in [0, 0.05) is 6.61 Å². The van der Waals surface area contributed by atoms with Crippen molar-refractivity contribution >= 4 is 93.7 Å². The molecule has 2 N–H and O–H groups in total. The second-order valence-corrected chi connectivity index (χ2v) is 61.1. The van der Waals surface area contributed by atoms with Crippen molar-refractivity contribution in [2.24, 2.45) is 0 Å². The molecule has 320 valence electrons. The molecular weight excluding hydrogens is 865 g/mol. The first-order chi connectivity index (χ1) is 23.0. The van der Waals surface area contributed by atoms with E-state index in [0.29, 0.717) is 6.61 Å². The van der Waals surface area contributed by atoms with Crippen LogP contribution in [0, 0.1) is 0 Å². The van der Waals surface area contributed by atoms with Crippen molar-refractivity contribution in [3.05, 3.63) is 0 Å². The highest BCUT2D eigenvalue weighted by atomic mass is 28.5. The Hall–Kier alpha value is 1.87. The lowest BCUT2D eigenvalue weighted by Gasteiger charge is -2.45. The molecule has 0 aromatic heterocycles. The second kappa shape index (κ2) is 20.0. The molecule has 0 fully saturated rings. The molecular formula is C29H82O13Si11. The third-order valence-corrected chi connectivity index (χ3v) is 48.2. The van der Waals surface area contributed by atoms with Crippen LogP contribution < -0.4 is 0 Å². The van der Waals surface area contributed by atoms with Crippen LogP contribution in [0.15, 0.2) is 0 Å². The van der Waals surface area contributed by atoms with E-state index in [9.17, 15) is 5.11 Å². The molecule has 0 saturated carbocycles. The maximum absolute atomic E-state index is 9.48. The van der Waals surface area contributed by atoms with Gasteiger partial charge in [-0.3, -0.25) is 0 Å². The molecule has 0 rings (SSSR count). The number of rotatable bonds is 27. The van der Waals surface area contributed by atoms with Gasteiger partial charge in [-0.2, -0.15) is 0 Å². The highest BCUT2D eigenvalue weighted by Crippen LogP contribution is 2.31. The number of hydrogen-bond acceptors (Lipinski definition) is 13. The zero-order chi connectivity index (χ0) is 42.4. The topological polar surface area (TPSA) is 142 Å². The Morgan fingerprint density at radius 2 is 0.623 bits per heavy atom. The van der Waals surface area contributed by atoms with Gasteiger partial charge < -0.3 is 56.1 Å². The SMILES string of the molecule is C[Si](C)(C)O[Si](C)(C)O[Si](C)(C)O[Si](C)(C)O[Si](C)(C)O[Si](C)(C)O[Si](C)(C)O[Si](C)(C)O[Si](C)(C)O[Si](C)(C)O[Si](C)(C)CCCOCC(O)CO. The largest absolute Gasteiger partial charge is 0.437 e. The zero-order valence-electron chi connectivity index (χ0n) is 38.0. The molecule has 0 saturated heterocycles. The standard InChI is InChI=1S/C29H82O13Si11/c1-43(2,3)33-45(6,7)35-47(10,11)37-49(14,15)39-51(18,19)41-53(22,23)42-52(20,21)40-50(16,17)38-48(12,13)36-46(8,9)34-44(4,5)26-24-25-32-28-29(31)27-30/h29-31H,24-28H2,1-23H3. The van der Waals surface area contributed by atoms with E-state index in [1.165, 1.54) is 0 Å². The maximum atomic E-state index is 9.48. The molecule has 0 aliphatic carbocycles. The van der Waals surface area contributed by atoms with E-state index >= 15 is 0 Å². The van der Waals surface area contributed by atoms with Gasteiger partial charge in [-0.1, -0.05) is 0 Å². The van der Waals surface area contributed by atoms with E-state index in [4.69, 9.17) is 51.0 Å². The third-order valence-electron chi connectivity index (χ3n) is 6.60. The van der Waals surface area contributed by atoms with Crippen LogP contribution in [0.5, 0.6) is 0 Å². The fourth-order valence-corrected chi connectivity index (χ4v) is 62.6. The Balaban J connectivity index is 5.41. The van der Waals surface area contributed by atoms with E-state index in [-0.39, 0.29) is 13.2 Å². The van der Waals surface area contributed by atoms with E-state index in [1.807, 2.05) is 0 Å². The van der Waals surface area contributed by atoms with Gasteiger partial charge in [0.2, 0.25) is 0 Å². The molecule has 0 spiro atoms. The van der Waals surface area contributed by atoms with Crippen molar-refractivity contribution in [2.45, 2.75) is 169 Å². The summed E-state index contributed by atoms with van der Waals surface area (Å²) < 4.78 is 72.7. The van der Waals surface area contributed by atoms with E-state index in [2.05, 4.69) is 151 Å². The molecule has 0 aliphatic heterocycles. The average Bonchev–Trinajstić information content (AvgIpc) is 2.73. The van der Waals surface area contributed by atoms with Gasteiger partial charge in [0.25, 0.3) is 0 Å². The summed E-state index contributed by atoms with van der Waals surface area (Å²) in [7, 11) is -27.5. The molecule has 1 unspecified atom stereocenters. The minimum atomic E-state index is -2.73. The summed E-state index contributed by atoms with van der Waals surface area (Å²) in [6.45, 7) is 48.5. The minimum absolute atomic E-state index is 0.133. The first kappa shape index (κ1) is 54.9. The Bertz CT molecular complexity index is 1120. The normalized spacial score (nSPS) is 16.0. The van der Waals surface area contributed by atoms with Crippen molar-refractivity contribution in [2.75, 3.05) is 19.8 Å². The molecule has 0 aromatic carbocycles. The van der Waals surface area contributed by atoms with Gasteiger partial charge >= 0.3 is 77.0 Å². The van der Waals surface area contributed by atoms with Crippen molar-refractivity contribution in [3.8, 4) is 0 Å². The lowest BCUT2D eigenvalue weighted by Crippen LogP contribution is -2.62. The van der Waals surface area contributed by atoms with Crippen LogP contribution in [0.2, 0.25) is 157 Å². The predicted octanol–water partition coefficient (Wildman–Crippen LogP) is 8.27. The first-order valence-corrected chi connectivity index (χ1v) is 50.8. The smallest absolute Gasteiger partial charge is 0.314 e. The lowest BCUT2D eigenvalue weighted by atomic mass is 10.4. The fourth-order valence-electron chi connectivity index (χ4n) is 7.25. The number of aliphatic hydroxyl groups is 2. The first-order valence-electron chi connectivity index (χ1n) is 18.9.